The van der Waals surface area contributed by atoms with Crippen LogP contribution in [0.1, 0.15) is 43.2 Å². The minimum Gasteiger partial charge on any atom is -0.548 e. The first-order valence-corrected chi connectivity index (χ1v) is 15.3. The number of nitrogens with zero attached hydrogens (tertiary/aromatic N) is 2. The fraction of sp³-hybridized carbons (Fsp3) is 0.394. The van der Waals surface area contributed by atoms with Crippen molar-refractivity contribution >= 4 is 47.5 Å². The van der Waals surface area contributed by atoms with E-state index in [1.54, 1.807) is 60.7 Å². The molecule has 4 amide bonds. The Morgan fingerprint density at radius 2 is 0.849 bits per heavy atom. The van der Waals surface area contributed by atoms with E-state index in [1.165, 1.54) is 0 Å². The summed E-state index contributed by atoms with van der Waals surface area (Å²) in [5, 5.41) is 50.4. The van der Waals surface area contributed by atoms with Crippen LogP contribution in [0.5, 0.6) is 0 Å². The molecule has 2 atom stereocenters. The number of amides is 4. The third kappa shape index (κ3) is 25.7. The first kappa shape index (κ1) is 58.1. The number of benzene rings is 2. The number of hydrogen-bond acceptors (Lipinski definition) is 12. The Labute approximate surface area is 477 Å². The molecule has 0 fully saturated rings. The van der Waals surface area contributed by atoms with E-state index in [0.29, 0.717) is 11.1 Å². The zero-order valence-electron chi connectivity index (χ0n) is 30.5. The van der Waals surface area contributed by atoms with Crippen molar-refractivity contribution in [1.29, 1.82) is 0 Å². The van der Waals surface area contributed by atoms with Gasteiger partial charge in [-0.15, -0.1) is 0 Å². The summed E-state index contributed by atoms with van der Waals surface area (Å²) < 4.78 is 0. The van der Waals surface area contributed by atoms with Crippen LogP contribution in [0.2, 0.25) is 0 Å². The second kappa shape index (κ2) is 32.7. The van der Waals surface area contributed by atoms with Crippen LogP contribution in [-0.2, 0) is 51.2 Å². The number of hydrogen-bond donors (Lipinski definition) is 2. The molecular weight excluding hydrogens is 801 g/mol. The monoisotopic (exact) mass is 836 g/mol. The second-order valence-corrected chi connectivity index (χ2v) is 11.0. The molecule has 2 unspecified atom stereocenters. The van der Waals surface area contributed by atoms with Gasteiger partial charge in [0.05, 0.1) is 61.9 Å². The van der Waals surface area contributed by atoms with Gasteiger partial charge in [0.2, 0.25) is 23.6 Å². The fourth-order valence-corrected chi connectivity index (χ4v) is 4.75. The van der Waals surface area contributed by atoms with E-state index in [0.717, 1.165) is 9.80 Å². The molecule has 20 heteroatoms. The Morgan fingerprint density at radius 1 is 0.528 bits per heavy atom. The Kier molecular flexibility index (Phi) is 35.8. The molecule has 2 rings (SSSR count). The van der Waals surface area contributed by atoms with Gasteiger partial charge in [0, 0.05) is 25.9 Å². The van der Waals surface area contributed by atoms with E-state index < -0.39 is 98.4 Å². The zero-order valence-corrected chi connectivity index (χ0v) is 43.0. The molecular formula is C33H36K4N4O12. The standard InChI is InChI=1S/C33H40N4O12.4K/c38-26(18-22-8-3-1-4-9-22)34-24(32(46)47)12-14-28(40)36(20-30(42)43)16-7-17-37(21-31(44)45)29(41)15-13-25(33(48)49)35-27(39)19-23-10-5-2-6-11-23;;;;/h1-6,8-11,24-25H,7,12-21H2,(H,34,38)(H,35,39)(H,42,43)(H,44,45)(H,46,47)(H,48,49);;;;/q;4*+1/p-4. The van der Waals surface area contributed by atoms with Crippen LogP contribution in [0.3, 0.4) is 0 Å². The van der Waals surface area contributed by atoms with Crippen LogP contribution in [0, 0.1) is 0 Å². The molecule has 0 bridgehead atoms. The van der Waals surface area contributed by atoms with Crippen molar-refractivity contribution in [3.8, 4) is 0 Å². The molecule has 0 aliphatic heterocycles. The third-order valence-corrected chi connectivity index (χ3v) is 7.15. The van der Waals surface area contributed by atoms with Gasteiger partial charge in [-0.2, -0.15) is 0 Å². The Hall–Kier alpha value is 0.745. The van der Waals surface area contributed by atoms with E-state index in [1.807, 2.05) is 0 Å². The predicted molar refractivity (Wildman–Crippen MR) is 160 cm³/mol. The van der Waals surface area contributed by atoms with Crippen molar-refractivity contribution < 1.29 is 264 Å². The van der Waals surface area contributed by atoms with Crippen molar-refractivity contribution in [3.05, 3.63) is 71.8 Å². The second-order valence-electron chi connectivity index (χ2n) is 11.0. The minimum absolute atomic E-state index is 0. The van der Waals surface area contributed by atoms with Gasteiger partial charge in [-0.25, -0.2) is 0 Å². The quantitative estimate of drug-likeness (QED) is 0.105. The van der Waals surface area contributed by atoms with Gasteiger partial charge in [0.25, 0.3) is 0 Å². The summed E-state index contributed by atoms with van der Waals surface area (Å²) in [6, 6.07) is 13.8. The fourth-order valence-electron chi connectivity index (χ4n) is 4.75. The summed E-state index contributed by atoms with van der Waals surface area (Å²) in [5.41, 5.74) is 1.23. The predicted octanol–water partition coefficient (Wildman–Crippen LogP) is -16.9. The maximum atomic E-state index is 12.8. The van der Waals surface area contributed by atoms with Crippen LogP contribution < -0.4 is 237 Å². The van der Waals surface area contributed by atoms with E-state index >= 15 is 0 Å². The largest absolute Gasteiger partial charge is 1.00 e. The number of carbonyl (C=O) groups is 8. The summed E-state index contributed by atoms with van der Waals surface area (Å²) in [7, 11) is 0. The minimum atomic E-state index is -1.66. The van der Waals surface area contributed by atoms with Gasteiger partial charge >= 0.3 is 206 Å². The number of aliphatic carboxylic acids is 4. The van der Waals surface area contributed by atoms with Gasteiger partial charge in [0.15, 0.2) is 0 Å². The van der Waals surface area contributed by atoms with Crippen LogP contribution in [-0.4, -0.2) is 95.6 Å². The van der Waals surface area contributed by atoms with Crippen molar-refractivity contribution in [2.24, 2.45) is 0 Å². The van der Waals surface area contributed by atoms with E-state index in [-0.39, 0.29) is 238 Å². The average Bonchev–Trinajstić information content (AvgIpc) is 3.03. The summed E-state index contributed by atoms with van der Waals surface area (Å²) in [6.45, 7) is -2.45. The number of carbonyl (C=O) groups excluding carboxylic acids is 8. The van der Waals surface area contributed by atoms with Crippen LogP contribution in [0.25, 0.3) is 0 Å². The van der Waals surface area contributed by atoms with Gasteiger partial charge in [-0.05, 0) is 30.4 Å². The van der Waals surface area contributed by atoms with Crippen molar-refractivity contribution in [2.75, 3.05) is 26.2 Å². The maximum absolute atomic E-state index is 12.8. The van der Waals surface area contributed by atoms with Gasteiger partial charge < -0.3 is 60.0 Å². The molecule has 16 nitrogen and oxygen atoms in total. The van der Waals surface area contributed by atoms with Gasteiger partial charge in [-0.3, -0.25) is 19.2 Å². The first-order chi connectivity index (χ1) is 23.2. The van der Waals surface area contributed by atoms with Gasteiger partial charge in [0.1, 0.15) is 0 Å². The molecule has 0 aliphatic carbocycles. The van der Waals surface area contributed by atoms with Crippen molar-refractivity contribution in [3.63, 3.8) is 0 Å². The molecule has 2 aromatic carbocycles. The topological polar surface area (TPSA) is 259 Å². The van der Waals surface area contributed by atoms with Crippen molar-refractivity contribution in [1.82, 2.24) is 20.4 Å². The van der Waals surface area contributed by atoms with Gasteiger partial charge in [-0.1, -0.05) is 60.7 Å². The molecule has 0 radical (unpaired) electrons. The first-order valence-electron chi connectivity index (χ1n) is 15.3. The number of nitrogens with one attached hydrogen (secondary N) is 2. The van der Waals surface area contributed by atoms with E-state index in [4.69, 9.17) is 0 Å². The Morgan fingerprint density at radius 3 is 1.13 bits per heavy atom. The molecule has 0 spiro atoms. The molecule has 53 heavy (non-hydrogen) atoms. The molecule has 0 aromatic heterocycles. The zero-order chi connectivity index (χ0) is 36.3. The van der Waals surface area contributed by atoms with Crippen molar-refractivity contribution in [2.45, 2.75) is 57.0 Å². The number of carboxylic acid groups (broad SMARTS) is 4. The molecule has 0 saturated heterocycles. The molecule has 2 aromatic rings. The Balaban J connectivity index is -0.00000625. The Bertz CT molecular complexity index is 1380. The summed E-state index contributed by atoms with van der Waals surface area (Å²) in [6.07, 6.45) is -2.29. The summed E-state index contributed by atoms with van der Waals surface area (Å²) in [4.78, 5) is 97.8. The van der Waals surface area contributed by atoms with Crippen LogP contribution in [0.15, 0.2) is 60.7 Å². The molecule has 0 saturated carbocycles. The molecule has 0 heterocycles. The number of carboxylic acids is 4. The maximum Gasteiger partial charge on any atom is 1.00 e. The normalized spacial score (nSPS) is 10.9. The molecule has 0 aliphatic rings. The SMILES string of the molecule is O=C([O-])CN(CCCN(CC(=O)[O-])C(=O)CCC(NC(=O)Cc1ccccc1)C(=O)[O-])C(=O)CCC(NC(=O)Cc1ccccc1)C(=O)[O-].[K+].[K+].[K+].[K+]. The average molecular weight is 837 g/mol. The van der Waals surface area contributed by atoms with Crippen LogP contribution in [0.4, 0.5) is 0 Å². The van der Waals surface area contributed by atoms with E-state index in [9.17, 15) is 58.8 Å². The van der Waals surface area contributed by atoms with Crippen LogP contribution >= 0.6 is 0 Å². The smallest absolute Gasteiger partial charge is 0.548 e. The number of rotatable bonds is 22. The molecule has 264 valence electrons. The van der Waals surface area contributed by atoms with E-state index in [2.05, 4.69) is 10.6 Å². The molecule has 2 N–H and O–H groups in total. The third-order valence-electron chi connectivity index (χ3n) is 7.15. The summed E-state index contributed by atoms with van der Waals surface area (Å²) >= 11 is 0. The summed E-state index contributed by atoms with van der Waals surface area (Å²) in [5.74, 6) is -9.54.